The normalized spacial score (nSPS) is 15.3. The lowest BCUT2D eigenvalue weighted by molar-refractivity contribution is 0.600. The molecule has 0 atom stereocenters. The van der Waals surface area contributed by atoms with E-state index in [2.05, 4.69) is 304 Å². The Morgan fingerprint density at radius 3 is 1.42 bits per heavy atom. The van der Waals surface area contributed by atoms with Crippen LogP contribution in [0, 0.1) is 0 Å². The van der Waals surface area contributed by atoms with Crippen molar-refractivity contribution in [3.05, 3.63) is 346 Å². The molecule has 3 heterocycles. The molecule has 0 fully saturated rings. The van der Waals surface area contributed by atoms with Crippen LogP contribution in [0.4, 0.5) is 17.1 Å². The molecule has 420 valence electrons. The first-order chi connectivity index (χ1) is 43.7. The van der Waals surface area contributed by atoms with Crippen molar-refractivity contribution in [1.29, 1.82) is 0 Å². The van der Waals surface area contributed by atoms with Gasteiger partial charge >= 0.3 is 0 Å². The van der Waals surface area contributed by atoms with Gasteiger partial charge in [0.2, 0.25) is 0 Å². The van der Waals surface area contributed by atoms with Gasteiger partial charge in [0.05, 0.1) is 10.8 Å². The largest absolute Gasteiger partial charge is 0.456 e. The van der Waals surface area contributed by atoms with Crippen LogP contribution in [-0.4, -0.2) is 4.98 Å². The maximum atomic E-state index is 7.14. The Morgan fingerprint density at radius 2 is 0.775 bits per heavy atom. The van der Waals surface area contributed by atoms with Crippen LogP contribution in [0.25, 0.3) is 88.4 Å². The highest BCUT2D eigenvalue weighted by molar-refractivity contribution is 6.21. The predicted octanol–water partition coefficient (Wildman–Crippen LogP) is 21.7. The highest BCUT2D eigenvalue weighted by Gasteiger charge is 2.53. The Labute approximate surface area is 516 Å². The van der Waals surface area contributed by atoms with E-state index in [0.29, 0.717) is 0 Å². The summed E-state index contributed by atoms with van der Waals surface area (Å²) in [5.41, 5.74) is 29.8. The summed E-state index contributed by atoms with van der Waals surface area (Å²) in [6.45, 7) is 9.72. The van der Waals surface area contributed by atoms with Gasteiger partial charge < -0.3 is 13.7 Å². The van der Waals surface area contributed by atoms with E-state index in [1.165, 1.54) is 117 Å². The number of para-hydroxylation sites is 2. The summed E-state index contributed by atoms with van der Waals surface area (Å²) in [6.07, 6.45) is 3.84. The highest BCUT2D eigenvalue weighted by Crippen LogP contribution is 2.67. The molecule has 0 bridgehead atoms. The minimum absolute atomic E-state index is 0.256. The zero-order valence-electron chi connectivity index (χ0n) is 49.8. The number of nitrogens with zero attached hydrogens (tertiary/aromatic N) is 2. The number of aromatic nitrogens is 1. The number of rotatable bonds is 7. The van der Waals surface area contributed by atoms with Crippen molar-refractivity contribution in [3.63, 3.8) is 0 Å². The van der Waals surface area contributed by atoms with Crippen LogP contribution in [0.5, 0.6) is 0 Å². The molecule has 12 aromatic carbocycles. The first-order valence-electron chi connectivity index (χ1n) is 31.2. The van der Waals surface area contributed by atoms with E-state index in [1.54, 1.807) is 0 Å². The first-order valence-corrected chi connectivity index (χ1v) is 31.2. The summed E-state index contributed by atoms with van der Waals surface area (Å²) in [5.74, 6) is 0. The van der Waals surface area contributed by atoms with Gasteiger partial charge in [0.15, 0.2) is 0 Å². The number of anilines is 3. The van der Waals surface area contributed by atoms with Crippen LogP contribution in [0.2, 0.25) is 0 Å². The van der Waals surface area contributed by atoms with Gasteiger partial charge in [-0.2, -0.15) is 0 Å². The predicted molar refractivity (Wildman–Crippen MR) is 363 cm³/mol. The van der Waals surface area contributed by atoms with Gasteiger partial charge in [0.25, 0.3) is 0 Å². The van der Waals surface area contributed by atoms with Crippen LogP contribution < -0.4 is 4.90 Å². The van der Waals surface area contributed by atoms with Crippen molar-refractivity contribution < 1.29 is 8.83 Å². The van der Waals surface area contributed by atoms with Gasteiger partial charge in [-0.1, -0.05) is 228 Å². The number of benzene rings is 12. The van der Waals surface area contributed by atoms with Crippen LogP contribution in [0.3, 0.4) is 0 Å². The monoisotopic (exact) mass is 1140 g/mol. The number of fused-ring (bicyclic) bond motifs is 22. The van der Waals surface area contributed by atoms with Gasteiger partial charge in [-0.05, 0) is 172 Å². The maximum Gasteiger partial charge on any atom is 0.144 e. The lowest BCUT2D eigenvalue weighted by Gasteiger charge is -2.36. The Hall–Kier alpha value is -10.8. The maximum absolute atomic E-state index is 7.14. The second-order valence-electron chi connectivity index (χ2n) is 26.0. The van der Waals surface area contributed by atoms with E-state index in [-0.39, 0.29) is 5.41 Å². The van der Waals surface area contributed by atoms with Gasteiger partial charge in [-0.3, -0.25) is 4.98 Å². The minimum atomic E-state index is -0.760. The van der Waals surface area contributed by atoms with Crippen LogP contribution >= 0.6 is 0 Å². The third kappa shape index (κ3) is 6.40. The SMILES string of the molecule is CC1(C)c2cc(N(c3ccncc3)c3ccc4c(c3)C(c3ccccc3)(c3ccccc3)c3cc5c(cc3-4)C(c3ccccc3)(c3ccccc3)c3ccc4oc6ccccc6c4c3-5)ccc2-c2c1c1c(c3c2oc2ccccc23)-c2ccccc2C1(C)C. The summed E-state index contributed by atoms with van der Waals surface area (Å²) in [7, 11) is 0. The van der Waals surface area contributed by atoms with E-state index in [4.69, 9.17) is 8.83 Å². The van der Waals surface area contributed by atoms with E-state index in [0.717, 1.165) is 55.6 Å². The number of pyridine rings is 1. The Balaban J connectivity index is 0.877. The third-order valence-electron chi connectivity index (χ3n) is 21.0. The second kappa shape index (κ2) is 17.9. The van der Waals surface area contributed by atoms with Gasteiger partial charge in [-0.15, -0.1) is 0 Å². The van der Waals surface area contributed by atoms with Crippen LogP contribution in [0.15, 0.2) is 288 Å². The van der Waals surface area contributed by atoms with Crippen LogP contribution in [0.1, 0.15) is 94.5 Å². The van der Waals surface area contributed by atoms with Crippen molar-refractivity contribution in [2.75, 3.05) is 4.90 Å². The summed E-state index contributed by atoms with van der Waals surface area (Å²) in [5, 5.41) is 4.63. The van der Waals surface area contributed by atoms with E-state index < -0.39 is 16.2 Å². The Bertz CT molecular complexity index is 5400. The Kier molecular flexibility index (Phi) is 10.1. The first kappa shape index (κ1) is 50.4. The molecule has 89 heavy (non-hydrogen) atoms. The molecule has 0 unspecified atom stereocenters. The average molecular weight is 1140 g/mol. The molecule has 0 aliphatic heterocycles. The average Bonchev–Trinajstić information content (AvgIpc) is 1.52. The fraction of sp³-hybridized carbons (Fsp3) is 0.0941. The molecule has 3 aromatic heterocycles. The van der Waals surface area contributed by atoms with E-state index in [1.807, 2.05) is 12.4 Å². The smallest absolute Gasteiger partial charge is 0.144 e. The molecule has 0 saturated carbocycles. The molecule has 0 amide bonds. The summed E-state index contributed by atoms with van der Waals surface area (Å²) in [4.78, 5) is 7.07. The van der Waals surface area contributed by atoms with Crippen molar-refractivity contribution in [2.24, 2.45) is 0 Å². The minimum Gasteiger partial charge on any atom is -0.456 e. The van der Waals surface area contributed by atoms with Crippen molar-refractivity contribution in [3.8, 4) is 44.5 Å². The number of hydrogen-bond donors (Lipinski definition) is 0. The molecule has 4 aliphatic rings. The molecular formula is C85H58N2O2. The second-order valence-corrected chi connectivity index (χ2v) is 26.0. The zero-order valence-corrected chi connectivity index (χ0v) is 49.8. The molecule has 0 saturated heterocycles. The van der Waals surface area contributed by atoms with Crippen molar-refractivity contribution >= 4 is 60.9 Å². The van der Waals surface area contributed by atoms with E-state index >= 15 is 0 Å². The summed E-state index contributed by atoms with van der Waals surface area (Å²) in [6, 6.07) is 99.6. The molecule has 4 nitrogen and oxygen atoms in total. The van der Waals surface area contributed by atoms with Crippen LogP contribution in [-0.2, 0) is 21.7 Å². The van der Waals surface area contributed by atoms with Gasteiger partial charge in [-0.25, -0.2) is 0 Å². The van der Waals surface area contributed by atoms with Crippen molar-refractivity contribution in [2.45, 2.75) is 49.4 Å². The Morgan fingerprint density at radius 1 is 0.303 bits per heavy atom. The van der Waals surface area contributed by atoms with Gasteiger partial charge in [0, 0.05) is 67.4 Å². The fourth-order valence-electron chi connectivity index (χ4n) is 17.5. The molecule has 4 heteroatoms. The molecule has 0 spiro atoms. The standard InChI is InChI=1S/C85H58N2O2/c1-82(2)65-34-20-17-31-59(65)76-77-62-33-19-22-36-72(62)89-81(77)78-60-40-38-56(47-67(60)83(3,4)80(78)79(76)82)87(55-43-45-86-46-44-55)57-37-39-58-63-49-70-64(50-69(63)85(68(58)48-57,53-27-13-7-14-28-53)54-29-15-8-16-30-54)74-66(41-42-73-75(74)61-32-18-21-35-71(61)88-73)84(70,51-23-9-5-10-24-51)52-25-11-6-12-26-52/h5-50H,1-4H3. The van der Waals surface area contributed by atoms with E-state index in [9.17, 15) is 0 Å². The van der Waals surface area contributed by atoms with Crippen molar-refractivity contribution in [1.82, 2.24) is 4.98 Å². The lowest BCUT2D eigenvalue weighted by Crippen LogP contribution is -2.30. The molecule has 19 rings (SSSR count). The lowest BCUT2D eigenvalue weighted by atomic mass is 9.66. The number of furan rings is 2. The molecule has 0 radical (unpaired) electrons. The third-order valence-corrected chi connectivity index (χ3v) is 21.0. The molecule has 0 N–H and O–H groups in total. The molecule has 15 aromatic rings. The number of hydrogen-bond acceptors (Lipinski definition) is 4. The summed E-state index contributed by atoms with van der Waals surface area (Å²) >= 11 is 0. The quantitative estimate of drug-likeness (QED) is 0.159. The molecular weight excluding hydrogens is 1080 g/mol. The summed E-state index contributed by atoms with van der Waals surface area (Å²) < 4.78 is 14.0. The molecule has 4 aliphatic carbocycles. The zero-order chi connectivity index (χ0) is 59.1. The fourth-order valence-corrected chi connectivity index (χ4v) is 17.5. The highest BCUT2D eigenvalue weighted by atomic mass is 16.3. The van der Waals surface area contributed by atoms with Gasteiger partial charge in [0.1, 0.15) is 22.3 Å². The topological polar surface area (TPSA) is 42.4 Å².